The van der Waals surface area contributed by atoms with Crippen LogP contribution in [0.2, 0.25) is 0 Å². The van der Waals surface area contributed by atoms with Gasteiger partial charge in [-0.3, -0.25) is 0 Å². The molecular formula is C9H16N2S. The zero-order valence-electron chi connectivity index (χ0n) is 7.79. The molecule has 0 radical (unpaired) electrons. The van der Waals surface area contributed by atoms with E-state index in [0.717, 1.165) is 16.9 Å². The number of hydrogen-bond acceptors (Lipinski definition) is 3. The predicted octanol–water partition coefficient (Wildman–Crippen LogP) is 2.14. The average Bonchev–Trinajstić information content (AvgIpc) is 1.99. The van der Waals surface area contributed by atoms with Gasteiger partial charge in [-0.25, -0.2) is 0 Å². The largest absolute Gasteiger partial charge is 0.399 e. The summed E-state index contributed by atoms with van der Waals surface area (Å²) in [5, 5.41) is 0. The summed E-state index contributed by atoms with van der Waals surface area (Å²) < 4.78 is 0. The van der Waals surface area contributed by atoms with Crippen LogP contribution in [0.1, 0.15) is 5.56 Å². The molecule has 0 unspecified atom stereocenters. The minimum Gasteiger partial charge on any atom is -0.399 e. The Morgan fingerprint density at radius 1 is 1.17 bits per heavy atom. The van der Waals surface area contributed by atoms with E-state index in [9.17, 15) is 0 Å². The molecule has 0 aliphatic heterocycles. The number of benzene rings is 1. The molecule has 0 bridgehead atoms. The number of thioether (sulfide) groups is 1. The SMILES string of the molecule is CSC.Cc1cc(N)ccc1N. The fraction of sp³-hybridized carbons (Fsp3) is 0.333. The topological polar surface area (TPSA) is 52.0 Å². The van der Waals surface area contributed by atoms with Crippen LogP contribution in [0.25, 0.3) is 0 Å². The van der Waals surface area contributed by atoms with Gasteiger partial charge in [-0.1, -0.05) is 0 Å². The van der Waals surface area contributed by atoms with Crippen molar-refractivity contribution in [3.8, 4) is 0 Å². The number of hydrogen-bond donors (Lipinski definition) is 2. The van der Waals surface area contributed by atoms with Gasteiger partial charge in [0.2, 0.25) is 0 Å². The third-order valence-corrected chi connectivity index (χ3v) is 1.29. The van der Waals surface area contributed by atoms with Crippen molar-refractivity contribution >= 4 is 23.1 Å². The molecule has 2 nitrogen and oxygen atoms in total. The fourth-order valence-electron chi connectivity index (χ4n) is 0.699. The standard InChI is InChI=1S/C7H10N2.C2H6S/c1-5-4-6(8)2-3-7(5)9;1-3-2/h2-4H,8-9H2,1H3;1-2H3. The first-order valence-corrected chi connectivity index (χ1v) is 5.26. The lowest BCUT2D eigenvalue weighted by Crippen LogP contribution is -1.91. The first-order chi connectivity index (χ1) is 5.61. The average molecular weight is 184 g/mol. The fourth-order valence-corrected chi connectivity index (χ4v) is 0.699. The maximum Gasteiger partial charge on any atom is 0.0345 e. The number of anilines is 2. The Morgan fingerprint density at radius 3 is 2.00 bits per heavy atom. The van der Waals surface area contributed by atoms with E-state index in [1.54, 1.807) is 17.8 Å². The van der Waals surface area contributed by atoms with E-state index in [4.69, 9.17) is 11.5 Å². The Hall–Kier alpha value is -0.830. The lowest BCUT2D eigenvalue weighted by molar-refractivity contribution is 1.47. The minimum atomic E-state index is 0.765. The van der Waals surface area contributed by atoms with E-state index in [1.165, 1.54) is 0 Å². The first-order valence-electron chi connectivity index (χ1n) is 3.63. The van der Waals surface area contributed by atoms with Crippen LogP contribution in [-0.2, 0) is 0 Å². The highest BCUT2D eigenvalue weighted by Gasteiger charge is 1.90. The van der Waals surface area contributed by atoms with Gasteiger partial charge in [0.25, 0.3) is 0 Å². The molecule has 3 heteroatoms. The van der Waals surface area contributed by atoms with Gasteiger partial charge in [0.05, 0.1) is 0 Å². The van der Waals surface area contributed by atoms with Gasteiger partial charge in [0.15, 0.2) is 0 Å². The van der Waals surface area contributed by atoms with E-state index in [-0.39, 0.29) is 0 Å². The zero-order chi connectivity index (χ0) is 9.56. The smallest absolute Gasteiger partial charge is 0.0345 e. The van der Waals surface area contributed by atoms with Crippen molar-refractivity contribution in [2.75, 3.05) is 24.0 Å². The molecule has 0 fully saturated rings. The van der Waals surface area contributed by atoms with Crippen molar-refractivity contribution in [2.45, 2.75) is 6.92 Å². The molecule has 12 heavy (non-hydrogen) atoms. The Kier molecular flexibility index (Phi) is 5.37. The van der Waals surface area contributed by atoms with Gasteiger partial charge in [0, 0.05) is 11.4 Å². The van der Waals surface area contributed by atoms with Crippen LogP contribution in [0.5, 0.6) is 0 Å². The van der Waals surface area contributed by atoms with Crippen LogP contribution in [-0.4, -0.2) is 12.5 Å². The van der Waals surface area contributed by atoms with Crippen LogP contribution < -0.4 is 11.5 Å². The summed E-state index contributed by atoms with van der Waals surface area (Å²) in [5.41, 5.74) is 13.6. The molecule has 0 saturated heterocycles. The van der Waals surface area contributed by atoms with Crippen molar-refractivity contribution in [3.05, 3.63) is 23.8 Å². The second-order valence-corrected chi connectivity index (χ2v) is 3.34. The molecule has 0 heterocycles. The molecule has 0 aromatic heterocycles. The van der Waals surface area contributed by atoms with Crippen LogP contribution in [0.15, 0.2) is 18.2 Å². The normalized spacial score (nSPS) is 8.58. The third-order valence-electron chi connectivity index (χ3n) is 1.29. The molecule has 68 valence electrons. The molecule has 0 spiro atoms. The van der Waals surface area contributed by atoms with Gasteiger partial charge in [-0.2, -0.15) is 11.8 Å². The van der Waals surface area contributed by atoms with E-state index in [1.807, 2.05) is 31.6 Å². The van der Waals surface area contributed by atoms with Gasteiger partial charge >= 0.3 is 0 Å². The Balaban J connectivity index is 0.000000354. The molecule has 0 amide bonds. The summed E-state index contributed by atoms with van der Waals surface area (Å²) in [6.45, 7) is 1.94. The molecule has 1 aromatic rings. The number of aryl methyl sites for hydroxylation is 1. The van der Waals surface area contributed by atoms with E-state index in [0.29, 0.717) is 0 Å². The van der Waals surface area contributed by atoms with E-state index < -0.39 is 0 Å². The van der Waals surface area contributed by atoms with E-state index >= 15 is 0 Å². The number of rotatable bonds is 0. The molecule has 0 aliphatic carbocycles. The summed E-state index contributed by atoms with van der Waals surface area (Å²) in [4.78, 5) is 0. The second-order valence-electron chi connectivity index (χ2n) is 2.52. The summed E-state index contributed by atoms with van der Waals surface area (Å²) in [7, 11) is 0. The molecule has 4 N–H and O–H groups in total. The third kappa shape index (κ3) is 4.13. The Labute approximate surface area is 78.3 Å². The van der Waals surface area contributed by atoms with Crippen LogP contribution in [0.3, 0.4) is 0 Å². The van der Waals surface area contributed by atoms with Crippen LogP contribution >= 0.6 is 11.8 Å². The van der Waals surface area contributed by atoms with Crippen molar-refractivity contribution in [2.24, 2.45) is 0 Å². The maximum absolute atomic E-state index is 5.53. The summed E-state index contributed by atoms with van der Waals surface area (Å²) in [5.74, 6) is 0. The first kappa shape index (κ1) is 11.2. The highest BCUT2D eigenvalue weighted by atomic mass is 32.2. The molecule has 1 rings (SSSR count). The van der Waals surface area contributed by atoms with Crippen molar-refractivity contribution in [3.63, 3.8) is 0 Å². The van der Waals surface area contributed by atoms with Crippen molar-refractivity contribution in [1.82, 2.24) is 0 Å². The lowest BCUT2D eigenvalue weighted by atomic mass is 10.2. The molecule has 0 atom stereocenters. The van der Waals surface area contributed by atoms with Crippen molar-refractivity contribution in [1.29, 1.82) is 0 Å². The zero-order valence-corrected chi connectivity index (χ0v) is 8.61. The minimum absolute atomic E-state index is 0.765. The molecular weight excluding hydrogens is 168 g/mol. The van der Waals surface area contributed by atoms with Gasteiger partial charge in [-0.15, -0.1) is 0 Å². The highest BCUT2D eigenvalue weighted by Crippen LogP contribution is 2.12. The van der Waals surface area contributed by atoms with Crippen molar-refractivity contribution < 1.29 is 0 Å². The molecule has 1 aromatic carbocycles. The van der Waals surface area contributed by atoms with E-state index in [2.05, 4.69) is 0 Å². The molecule has 0 saturated carbocycles. The summed E-state index contributed by atoms with van der Waals surface area (Å²) >= 11 is 1.75. The second kappa shape index (κ2) is 5.77. The van der Waals surface area contributed by atoms with Gasteiger partial charge in [-0.05, 0) is 43.2 Å². The quantitative estimate of drug-likeness (QED) is 0.607. The highest BCUT2D eigenvalue weighted by molar-refractivity contribution is 7.97. The number of nitrogen functional groups attached to an aromatic ring is 2. The Morgan fingerprint density at radius 2 is 1.67 bits per heavy atom. The summed E-state index contributed by atoms with van der Waals surface area (Å²) in [6.07, 6.45) is 4.08. The molecule has 0 aliphatic rings. The van der Waals surface area contributed by atoms with Gasteiger partial charge < -0.3 is 11.5 Å². The Bertz CT molecular complexity index is 236. The maximum atomic E-state index is 5.53. The monoisotopic (exact) mass is 184 g/mol. The number of nitrogens with two attached hydrogens (primary N) is 2. The lowest BCUT2D eigenvalue weighted by Gasteiger charge is -1.98. The van der Waals surface area contributed by atoms with Crippen LogP contribution in [0.4, 0.5) is 11.4 Å². The van der Waals surface area contributed by atoms with Crippen LogP contribution in [0, 0.1) is 6.92 Å². The predicted molar refractivity (Wildman–Crippen MR) is 59.4 cm³/mol. The van der Waals surface area contributed by atoms with Gasteiger partial charge in [0.1, 0.15) is 0 Å². The summed E-state index contributed by atoms with van der Waals surface area (Å²) in [6, 6.07) is 5.46.